The molecule has 110 valence electrons. The van der Waals surface area contributed by atoms with Gasteiger partial charge in [-0.3, -0.25) is 4.79 Å². The molecule has 1 amide bonds. The second kappa shape index (κ2) is 8.47. The van der Waals surface area contributed by atoms with Crippen molar-refractivity contribution in [2.75, 3.05) is 26.2 Å². The Morgan fingerprint density at radius 1 is 1.35 bits per heavy atom. The molecule has 0 heterocycles. The van der Waals surface area contributed by atoms with E-state index in [0.717, 1.165) is 5.75 Å². The average Bonchev–Trinajstić information content (AvgIpc) is 2.50. The highest BCUT2D eigenvalue weighted by Crippen LogP contribution is 2.13. The fourth-order valence-corrected chi connectivity index (χ4v) is 2.10. The summed E-state index contributed by atoms with van der Waals surface area (Å²) in [5, 5.41) is 2.69. The van der Waals surface area contributed by atoms with E-state index in [0.29, 0.717) is 17.7 Å². The number of ether oxygens (including phenoxy) is 2. The first-order chi connectivity index (χ1) is 9.62. The van der Waals surface area contributed by atoms with Crippen molar-refractivity contribution in [3.8, 4) is 5.75 Å². The Morgan fingerprint density at radius 3 is 2.70 bits per heavy atom. The summed E-state index contributed by atoms with van der Waals surface area (Å²) in [5.41, 5.74) is 0.447. The van der Waals surface area contributed by atoms with Crippen molar-refractivity contribution in [1.82, 2.24) is 5.32 Å². The Balaban J connectivity index is 2.75. The van der Waals surface area contributed by atoms with E-state index in [1.165, 1.54) is 14.2 Å². The molecular formula is C14H19NO4S. The van der Waals surface area contributed by atoms with E-state index in [2.05, 4.69) is 5.32 Å². The highest BCUT2D eigenvalue weighted by molar-refractivity contribution is 7.98. The van der Waals surface area contributed by atoms with Crippen LogP contribution in [0.15, 0.2) is 24.3 Å². The molecule has 20 heavy (non-hydrogen) atoms. The van der Waals surface area contributed by atoms with Crippen molar-refractivity contribution in [3.05, 3.63) is 29.8 Å². The summed E-state index contributed by atoms with van der Waals surface area (Å²) in [6, 6.07) is 6.13. The third kappa shape index (κ3) is 4.77. The minimum absolute atomic E-state index is 0.319. The molecular weight excluding hydrogens is 278 g/mol. The number of benzene rings is 1. The Kier molecular flexibility index (Phi) is 6.93. The van der Waals surface area contributed by atoms with Crippen molar-refractivity contribution in [1.29, 1.82) is 0 Å². The molecule has 1 aromatic carbocycles. The third-order valence-electron chi connectivity index (χ3n) is 2.73. The smallest absolute Gasteiger partial charge is 0.328 e. The van der Waals surface area contributed by atoms with E-state index in [1.54, 1.807) is 36.0 Å². The van der Waals surface area contributed by atoms with Gasteiger partial charge in [-0.15, -0.1) is 0 Å². The normalized spacial score (nSPS) is 11.6. The van der Waals surface area contributed by atoms with Crippen LogP contribution in [0.1, 0.15) is 16.8 Å². The number of nitrogens with one attached hydrogen (secondary N) is 1. The number of amides is 1. The van der Waals surface area contributed by atoms with Crippen LogP contribution < -0.4 is 10.1 Å². The van der Waals surface area contributed by atoms with Crippen LogP contribution in [-0.4, -0.2) is 44.1 Å². The molecule has 1 aromatic rings. The molecule has 0 aromatic heterocycles. The summed E-state index contributed by atoms with van der Waals surface area (Å²) in [4.78, 5) is 23.8. The van der Waals surface area contributed by atoms with Gasteiger partial charge in [0.1, 0.15) is 11.8 Å². The largest absolute Gasteiger partial charge is 0.497 e. The van der Waals surface area contributed by atoms with Gasteiger partial charge in [0.25, 0.3) is 5.91 Å². The maximum absolute atomic E-state index is 12.1. The van der Waals surface area contributed by atoms with E-state index in [9.17, 15) is 9.59 Å². The number of thioether (sulfide) groups is 1. The summed E-state index contributed by atoms with van der Waals surface area (Å²) in [5.74, 6) is 0.602. The zero-order valence-electron chi connectivity index (χ0n) is 11.8. The van der Waals surface area contributed by atoms with Crippen LogP contribution >= 0.6 is 11.8 Å². The fourth-order valence-electron chi connectivity index (χ4n) is 1.63. The summed E-state index contributed by atoms with van der Waals surface area (Å²) in [6.45, 7) is 0. The van der Waals surface area contributed by atoms with Gasteiger partial charge in [-0.25, -0.2) is 4.79 Å². The van der Waals surface area contributed by atoms with Crippen molar-refractivity contribution in [2.45, 2.75) is 12.5 Å². The topological polar surface area (TPSA) is 64.6 Å². The maximum atomic E-state index is 12.1. The Morgan fingerprint density at radius 2 is 2.10 bits per heavy atom. The lowest BCUT2D eigenvalue weighted by molar-refractivity contribution is -0.142. The first-order valence-corrected chi connectivity index (χ1v) is 7.53. The molecule has 0 aliphatic heterocycles. The molecule has 0 radical (unpaired) electrons. The third-order valence-corrected chi connectivity index (χ3v) is 3.38. The Labute approximate surface area is 123 Å². The van der Waals surface area contributed by atoms with Gasteiger partial charge >= 0.3 is 5.97 Å². The van der Waals surface area contributed by atoms with Crippen molar-refractivity contribution in [3.63, 3.8) is 0 Å². The lowest BCUT2D eigenvalue weighted by atomic mass is 10.1. The second-order valence-electron chi connectivity index (χ2n) is 4.06. The number of methoxy groups -OCH3 is 2. The van der Waals surface area contributed by atoms with Crippen LogP contribution in [0, 0.1) is 0 Å². The monoisotopic (exact) mass is 297 g/mol. The lowest BCUT2D eigenvalue weighted by Gasteiger charge is -2.16. The van der Waals surface area contributed by atoms with Gasteiger partial charge in [-0.05, 0) is 36.6 Å². The van der Waals surface area contributed by atoms with Crippen LogP contribution in [0.5, 0.6) is 5.75 Å². The van der Waals surface area contributed by atoms with Gasteiger partial charge < -0.3 is 14.8 Å². The fraction of sp³-hybridized carbons (Fsp3) is 0.429. The summed E-state index contributed by atoms with van der Waals surface area (Å²) >= 11 is 1.61. The predicted molar refractivity (Wildman–Crippen MR) is 79.3 cm³/mol. The van der Waals surface area contributed by atoms with Crippen molar-refractivity contribution >= 4 is 23.6 Å². The quantitative estimate of drug-likeness (QED) is 0.776. The van der Waals surface area contributed by atoms with Gasteiger partial charge in [0, 0.05) is 5.56 Å². The van der Waals surface area contributed by atoms with Gasteiger partial charge in [0.15, 0.2) is 0 Å². The first kappa shape index (κ1) is 16.4. The lowest BCUT2D eigenvalue weighted by Crippen LogP contribution is -2.41. The highest BCUT2D eigenvalue weighted by Gasteiger charge is 2.21. The summed E-state index contributed by atoms with van der Waals surface area (Å²) in [6.07, 6.45) is 2.47. The molecule has 0 saturated carbocycles. The molecule has 0 saturated heterocycles. The van der Waals surface area contributed by atoms with Gasteiger partial charge in [0.05, 0.1) is 14.2 Å². The highest BCUT2D eigenvalue weighted by atomic mass is 32.2. The molecule has 0 fully saturated rings. The zero-order chi connectivity index (χ0) is 15.0. The molecule has 0 spiro atoms. The van der Waals surface area contributed by atoms with Crippen LogP contribution in [0.4, 0.5) is 0 Å². The molecule has 0 aliphatic rings. The van der Waals surface area contributed by atoms with Crippen LogP contribution in [-0.2, 0) is 9.53 Å². The van der Waals surface area contributed by atoms with Gasteiger partial charge in [-0.2, -0.15) is 11.8 Å². The summed E-state index contributed by atoms with van der Waals surface area (Å²) < 4.78 is 9.77. The molecule has 0 bridgehead atoms. The minimum atomic E-state index is -0.633. The van der Waals surface area contributed by atoms with E-state index < -0.39 is 12.0 Å². The molecule has 1 rings (SSSR count). The Bertz CT molecular complexity index is 464. The van der Waals surface area contributed by atoms with Crippen LogP contribution in [0.25, 0.3) is 0 Å². The molecule has 0 aliphatic carbocycles. The number of hydrogen-bond donors (Lipinski definition) is 1. The molecule has 0 unspecified atom stereocenters. The predicted octanol–water partition coefficient (Wildman–Crippen LogP) is 1.72. The Hall–Kier alpha value is -1.69. The van der Waals surface area contributed by atoms with Gasteiger partial charge in [-0.1, -0.05) is 6.07 Å². The number of carbonyl (C=O) groups excluding carboxylic acids is 2. The average molecular weight is 297 g/mol. The van der Waals surface area contributed by atoms with Crippen LogP contribution in [0.2, 0.25) is 0 Å². The standard InChI is InChI=1S/C14H19NO4S/c1-18-11-6-4-5-10(9-11)13(16)15-12(7-8-20-3)14(17)19-2/h4-6,9,12H,7-8H2,1-3H3,(H,15,16)/t12-/m0/s1. The number of rotatable bonds is 7. The number of esters is 1. The van der Waals surface area contributed by atoms with Crippen molar-refractivity contribution < 1.29 is 19.1 Å². The molecule has 6 heteroatoms. The SMILES string of the molecule is COC(=O)[C@H](CCSC)NC(=O)c1cccc(OC)c1. The molecule has 5 nitrogen and oxygen atoms in total. The van der Waals surface area contributed by atoms with Crippen LogP contribution in [0.3, 0.4) is 0 Å². The maximum Gasteiger partial charge on any atom is 0.328 e. The van der Waals surface area contributed by atoms with E-state index in [1.807, 2.05) is 6.26 Å². The van der Waals surface area contributed by atoms with Crippen molar-refractivity contribution in [2.24, 2.45) is 0 Å². The number of carbonyl (C=O) groups is 2. The van der Waals surface area contributed by atoms with E-state index in [4.69, 9.17) is 9.47 Å². The molecule has 1 atom stereocenters. The minimum Gasteiger partial charge on any atom is -0.497 e. The van der Waals surface area contributed by atoms with Gasteiger partial charge in [0.2, 0.25) is 0 Å². The summed E-state index contributed by atoms with van der Waals surface area (Å²) in [7, 11) is 2.85. The zero-order valence-corrected chi connectivity index (χ0v) is 12.7. The molecule has 1 N–H and O–H groups in total. The second-order valence-corrected chi connectivity index (χ2v) is 5.05. The van der Waals surface area contributed by atoms with E-state index >= 15 is 0 Å². The van der Waals surface area contributed by atoms with E-state index in [-0.39, 0.29) is 5.91 Å². The first-order valence-electron chi connectivity index (χ1n) is 6.14. The number of hydrogen-bond acceptors (Lipinski definition) is 5.